The maximum Gasteiger partial charge on any atom is 0.248 e. The van der Waals surface area contributed by atoms with Crippen LogP contribution in [0.25, 0.3) is 0 Å². The van der Waals surface area contributed by atoms with Crippen LogP contribution in [-0.2, 0) is 14.4 Å². The summed E-state index contributed by atoms with van der Waals surface area (Å²) >= 11 is 5.08. The van der Waals surface area contributed by atoms with E-state index in [0.29, 0.717) is 11.4 Å². The molecule has 1 aromatic rings. The molecule has 0 aromatic heterocycles. The third-order valence-electron chi connectivity index (χ3n) is 4.32. The Labute approximate surface area is 150 Å². The van der Waals surface area contributed by atoms with Crippen molar-refractivity contribution in [3.8, 4) is 5.75 Å². The third-order valence-corrected chi connectivity index (χ3v) is 4.59. The fourth-order valence-corrected chi connectivity index (χ4v) is 3.24. The number of carbonyl (C=O) groups excluding carboxylic acids is 3. The molecule has 0 saturated carbocycles. The van der Waals surface area contributed by atoms with Crippen molar-refractivity contribution >= 4 is 40.7 Å². The van der Waals surface area contributed by atoms with Crippen LogP contribution >= 0.6 is 12.2 Å². The number of hydrogen-bond acceptors (Lipinski definition) is 6. The molecule has 3 rings (SSSR count). The van der Waals surface area contributed by atoms with Gasteiger partial charge in [-0.15, -0.1) is 0 Å². The molecule has 1 atom stereocenters. The fourth-order valence-electron chi connectivity index (χ4n) is 2.96. The molecule has 9 heteroatoms. The zero-order valence-corrected chi connectivity index (χ0v) is 14.8. The number of fused-ring (bicyclic) bond motifs is 1. The number of benzene rings is 1. The Hall–Kier alpha value is -2.52. The lowest BCUT2D eigenvalue weighted by atomic mass is 10.00. The molecule has 0 radical (unpaired) electrons. The summed E-state index contributed by atoms with van der Waals surface area (Å²) in [6.07, 6.45) is -0.0550. The van der Waals surface area contributed by atoms with E-state index in [0.717, 1.165) is 0 Å². The first-order chi connectivity index (χ1) is 11.8. The Morgan fingerprint density at radius 1 is 1.32 bits per heavy atom. The van der Waals surface area contributed by atoms with E-state index in [1.165, 1.54) is 10.0 Å². The van der Waals surface area contributed by atoms with E-state index in [-0.39, 0.29) is 29.3 Å². The summed E-state index contributed by atoms with van der Waals surface area (Å²) in [4.78, 5) is 37.3. The molecule has 0 aliphatic carbocycles. The number of hydrogen-bond donors (Lipinski definition) is 2. The average Bonchev–Trinajstić information content (AvgIpc) is 2.93. The molecule has 3 amide bonds. The molecule has 2 heterocycles. The number of carbonyl (C=O) groups is 3. The van der Waals surface area contributed by atoms with Crippen LogP contribution in [0, 0.1) is 0 Å². The lowest BCUT2D eigenvalue weighted by Crippen LogP contribution is -2.71. The number of ether oxygens (including phenoxy) is 1. The number of nitrogens with one attached hydrogen (secondary N) is 2. The minimum Gasteiger partial charge on any atom is -0.497 e. The molecule has 2 N–H and O–H groups in total. The number of hydrazine groups is 1. The normalized spacial score (nSPS) is 22.4. The highest BCUT2D eigenvalue weighted by molar-refractivity contribution is 7.80. The molecule has 2 saturated heterocycles. The molecule has 2 fully saturated rings. The Bertz CT molecular complexity index is 762. The van der Waals surface area contributed by atoms with Crippen LogP contribution in [0.5, 0.6) is 5.75 Å². The lowest BCUT2D eigenvalue weighted by molar-refractivity contribution is -0.154. The van der Waals surface area contributed by atoms with Gasteiger partial charge in [0.1, 0.15) is 17.3 Å². The highest BCUT2D eigenvalue weighted by Crippen LogP contribution is 2.33. The van der Waals surface area contributed by atoms with Gasteiger partial charge in [-0.05, 0) is 50.3 Å². The van der Waals surface area contributed by atoms with E-state index in [4.69, 9.17) is 17.0 Å². The topological polar surface area (TPSA) is 91.0 Å². The first-order valence-corrected chi connectivity index (χ1v) is 8.09. The number of amides is 3. The van der Waals surface area contributed by atoms with Crippen molar-refractivity contribution in [2.45, 2.75) is 31.8 Å². The SMILES string of the molecule is COc1ccc(NC(=O)[C@H]2CC(=O)N3C(=S)NC(=O)C(C)(C)N23)cc1. The molecular weight excluding hydrogens is 344 g/mol. The van der Waals surface area contributed by atoms with Crippen LogP contribution in [0.15, 0.2) is 24.3 Å². The smallest absolute Gasteiger partial charge is 0.248 e. The van der Waals surface area contributed by atoms with Gasteiger partial charge >= 0.3 is 0 Å². The van der Waals surface area contributed by atoms with Gasteiger partial charge in [-0.25, -0.2) is 5.01 Å². The Morgan fingerprint density at radius 2 is 1.96 bits per heavy atom. The molecule has 2 aliphatic heterocycles. The van der Waals surface area contributed by atoms with E-state index in [1.807, 2.05) is 0 Å². The predicted octanol–water partition coefficient (Wildman–Crippen LogP) is 0.645. The van der Waals surface area contributed by atoms with Gasteiger partial charge in [0.2, 0.25) is 17.7 Å². The summed E-state index contributed by atoms with van der Waals surface area (Å²) in [5.74, 6) is -0.398. The highest BCUT2D eigenvalue weighted by atomic mass is 32.1. The predicted molar refractivity (Wildman–Crippen MR) is 93.5 cm³/mol. The van der Waals surface area contributed by atoms with Gasteiger partial charge in [0.25, 0.3) is 0 Å². The Kier molecular flexibility index (Phi) is 4.21. The van der Waals surface area contributed by atoms with Crippen molar-refractivity contribution < 1.29 is 19.1 Å². The monoisotopic (exact) mass is 362 g/mol. The van der Waals surface area contributed by atoms with Crippen molar-refractivity contribution in [1.82, 2.24) is 15.3 Å². The second kappa shape index (κ2) is 6.08. The Morgan fingerprint density at radius 3 is 2.56 bits per heavy atom. The number of nitrogens with zero attached hydrogens (tertiary/aromatic N) is 2. The van der Waals surface area contributed by atoms with E-state index in [2.05, 4.69) is 10.6 Å². The molecule has 132 valence electrons. The van der Waals surface area contributed by atoms with Crippen molar-refractivity contribution in [3.63, 3.8) is 0 Å². The molecule has 0 bridgehead atoms. The minimum absolute atomic E-state index is 0.00549. The van der Waals surface area contributed by atoms with Crippen molar-refractivity contribution in [1.29, 1.82) is 0 Å². The summed E-state index contributed by atoms with van der Waals surface area (Å²) in [6, 6.07) is 6.01. The second-order valence-electron chi connectivity index (χ2n) is 6.31. The van der Waals surface area contributed by atoms with Crippen LogP contribution in [0.1, 0.15) is 20.3 Å². The van der Waals surface area contributed by atoms with Crippen molar-refractivity contribution in [2.24, 2.45) is 0 Å². The van der Waals surface area contributed by atoms with Crippen LogP contribution in [0.3, 0.4) is 0 Å². The quantitative estimate of drug-likeness (QED) is 0.767. The van der Waals surface area contributed by atoms with Gasteiger partial charge in [0, 0.05) is 5.69 Å². The summed E-state index contributed by atoms with van der Waals surface area (Å²) in [7, 11) is 1.55. The van der Waals surface area contributed by atoms with E-state index in [9.17, 15) is 14.4 Å². The highest BCUT2D eigenvalue weighted by Gasteiger charge is 2.56. The van der Waals surface area contributed by atoms with E-state index >= 15 is 0 Å². The summed E-state index contributed by atoms with van der Waals surface area (Å²) < 4.78 is 5.08. The largest absolute Gasteiger partial charge is 0.497 e. The van der Waals surface area contributed by atoms with E-state index < -0.39 is 11.6 Å². The summed E-state index contributed by atoms with van der Waals surface area (Å²) in [5, 5.41) is 7.92. The van der Waals surface area contributed by atoms with Gasteiger partial charge in [-0.2, -0.15) is 5.01 Å². The minimum atomic E-state index is -1.09. The maximum atomic E-state index is 12.7. The first-order valence-electron chi connectivity index (χ1n) is 7.68. The van der Waals surface area contributed by atoms with Gasteiger partial charge in [0.15, 0.2) is 5.11 Å². The summed E-state index contributed by atoms with van der Waals surface area (Å²) in [6.45, 7) is 3.28. The van der Waals surface area contributed by atoms with Gasteiger partial charge in [-0.3, -0.25) is 19.7 Å². The number of thiocarbonyl (C=S) groups is 1. The van der Waals surface area contributed by atoms with Crippen molar-refractivity contribution in [2.75, 3.05) is 12.4 Å². The number of rotatable bonds is 3. The first kappa shape index (κ1) is 17.3. The van der Waals surface area contributed by atoms with Crippen LogP contribution in [-0.4, -0.2) is 51.5 Å². The average molecular weight is 362 g/mol. The van der Waals surface area contributed by atoms with Gasteiger partial charge < -0.3 is 10.1 Å². The van der Waals surface area contributed by atoms with Crippen LogP contribution in [0.4, 0.5) is 5.69 Å². The molecule has 8 nitrogen and oxygen atoms in total. The third kappa shape index (κ3) is 2.85. The van der Waals surface area contributed by atoms with Crippen LogP contribution in [0.2, 0.25) is 0 Å². The zero-order chi connectivity index (χ0) is 18.4. The van der Waals surface area contributed by atoms with Gasteiger partial charge in [0.05, 0.1) is 13.5 Å². The summed E-state index contributed by atoms with van der Waals surface area (Å²) in [5.41, 5.74) is -0.519. The zero-order valence-electron chi connectivity index (χ0n) is 14.0. The fraction of sp³-hybridized carbons (Fsp3) is 0.375. The lowest BCUT2D eigenvalue weighted by Gasteiger charge is -2.45. The van der Waals surface area contributed by atoms with Gasteiger partial charge in [-0.1, -0.05) is 0 Å². The molecule has 0 spiro atoms. The molecule has 1 aromatic carbocycles. The van der Waals surface area contributed by atoms with Crippen molar-refractivity contribution in [3.05, 3.63) is 24.3 Å². The number of anilines is 1. The second-order valence-corrected chi connectivity index (χ2v) is 6.69. The molecule has 0 unspecified atom stereocenters. The molecular formula is C16H18N4O4S. The van der Waals surface area contributed by atoms with Crippen LogP contribution < -0.4 is 15.4 Å². The molecule has 25 heavy (non-hydrogen) atoms. The Balaban J connectivity index is 1.85. The van der Waals surface area contributed by atoms with E-state index in [1.54, 1.807) is 45.2 Å². The standard InChI is InChI=1S/C16H18N4O4S/c1-16(2)14(23)18-15(25)19-12(21)8-11(20(16)19)13(22)17-9-4-6-10(24-3)7-5-9/h4-7,11H,8H2,1-3H3,(H,17,22)(H,18,23,25)/t11-/m1/s1. The maximum absolute atomic E-state index is 12.7. The number of methoxy groups -OCH3 is 1. The molecule has 2 aliphatic rings.